The predicted molar refractivity (Wildman–Crippen MR) is 191 cm³/mol. The molecule has 0 amide bonds. The highest BCUT2D eigenvalue weighted by atomic mass is 16.6. The molecular formula is C39H54N2O6. The molecule has 0 saturated heterocycles. The van der Waals surface area contributed by atoms with Gasteiger partial charge in [-0.2, -0.15) is 0 Å². The molecule has 0 spiro atoms. The minimum Gasteiger partial charge on any atom is -0.494 e. The van der Waals surface area contributed by atoms with Crippen LogP contribution < -0.4 is 19.1 Å². The van der Waals surface area contributed by atoms with Crippen LogP contribution in [0.15, 0.2) is 60.7 Å². The maximum absolute atomic E-state index is 13.2. The van der Waals surface area contributed by atoms with Gasteiger partial charge in [0, 0.05) is 20.2 Å². The highest BCUT2D eigenvalue weighted by Gasteiger charge is 2.25. The van der Waals surface area contributed by atoms with Crippen molar-refractivity contribution >= 4 is 17.3 Å². The summed E-state index contributed by atoms with van der Waals surface area (Å²) in [7, 11) is 3.58. The van der Waals surface area contributed by atoms with Crippen LogP contribution in [0.25, 0.3) is 11.1 Å². The number of hydrogen-bond donors (Lipinski definition) is 0. The Morgan fingerprint density at radius 3 is 1.89 bits per heavy atom. The lowest BCUT2D eigenvalue weighted by molar-refractivity contribution is -0.386. The number of carbonyl (C=O) groups excluding carboxylic acids is 1. The third-order valence-electron chi connectivity index (χ3n) is 8.29. The Hall–Kier alpha value is -4.07. The van der Waals surface area contributed by atoms with Crippen LogP contribution in [-0.2, 0) is 0 Å². The number of unbranched alkanes of at least 4 members (excludes halogenated alkanes) is 10. The first-order valence-corrected chi connectivity index (χ1v) is 17.4. The number of anilines is 1. The van der Waals surface area contributed by atoms with E-state index in [0.717, 1.165) is 62.0 Å². The molecule has 0 bridgehead atoms. The van der Waals surface area contributed by atoms with Crippen molar-refractivity contribution in [3.05, 3.63) is 76.3 Å². The molecular weight excluding hydrogens is 592 g/mol. The van der Waals surface area contributed by atoms with E-state index in [9.17, 15) is 14.9 Å². The molecule has 8 heteroatoms. The number of nitro benzene ring substituents is 1. The minimum atomic E-state index is -0.600. The van der Waals surface area contributed by atoms with Gasteiger partial charge < -0.3 is 19.1 Å². The predicted octanol–water partition coefficient (Wildman–Crippen LogP) is 10.8. The Labute approximate surface area is 281 Å². The fourth-order valence-corrected chi connectivity index (χ4v) is 5.47. The van der Waals surface area contributed by atoms with Crippen molar-refractivity contribution in [2.24, 2.45) is 0 Å². The summed E-state index contributed by atoms with van der Waals surface area (Å²) < 4.78 is 17.7. The van der Waals surface area contributed by atoms with Crippen molar-refractivity contribution in [1.29, 1.82) is 0 Å². The topological polar surface area (TPSA) is 91.1 Å². The summed E-state index contributed by atoms with van der Waals surface area (Å²) in [6.07, 6.45) is 15.2. The average molecular weight is 647 g/mol. The molecule has 0 N–H and O–H groups in total. The number of nitrogens with zero attached hydrogens (tertiary/aromatic N) is 2. The molecule has 3 rings (SSSR count). The summed E-state index contributed by atoms with van der Waals surface area (Å²) in [6.45, 7) is 7.04. The van der Waals surface area contributed by atoms with Gasteiger partial charge in [0.2, 0.25) is 0 Å². The zero-order chi connectivity index (χ0) is 34.0. The van der Waals surface area contributed by atoms with E-state index in [2.05, 4.69) is 13.8 Å². The zero-order valence-electron chi connectivity index (χ0n) is 29.1. The second-order valence-electron chi connectivity index (χ2n) is 12.5. The van der Waals surface area contributed by atoms with Gasteiger partial charge in [-0.25, -0.2) is 4.79 Å². The fraction of sp³-hybridized carbons (Fsp3) is 0.513. The standard InChI is InChI=1S/C39H54N2O6/c1-6-8-10-12-13-14-15-17-27-45-34-25-23-32(24-26-34)31-19-21-33(22-20-31)39(42)47-37-29-36(41(43)44)38(28-35(37)40(4)5)46-30(3)18-16-11-9-7-2/h19-26,28-30H,6-18,27H2,1-5H3/t30-/m0/s1. The molecule has 0 saturated carbocycles. The summed E-state index contributed by atoms with van der Waals surface area (Å²) in [5.74, 6) is 0.508. The monoisotopic (exact) mass is 646 g/mol. The Morgan fingerprint density at radius 1 is 0.766 bits per heavy atom. The van der Waals surface area contributed by atoms with Gasteiger partial charge in [0.1, 0.15) is 5.75 Å². The molecule has 0 radical (unpaired) electrons. The normalized spacial score (nSPS) is 11.6. The number of esters is 1. The van der Waals surface area contributed by atoms with Gasteiger partial charge in [0.05, 0.1) is 35.0 Å². The maximum Gasteiger partial charge on any atom is 0.343 e. The molecule has 3 aromatic carbocycles. The van der Waals surface area contributed by atoms with Crippen molar-refractivity contribution in [2.75, 3.05) is 25.6 Å². The van der Waals surface area contributed by atoms with E-state index in [1.165, 1.54) is 51.0 Å². The fourth-order valence-electron chi connectivity index (χ4n) is 5.47. The van der Waals surface area contributed by atoms with Gasteiger partial charge in [-0.05, 0) is 61.6 Å². The Bertz CT molecular complexity index is 1370. The number of hydrogen-bond acceptors (Lipinski definition) is 7. The van der Waals surface area contributed by atoms with E-state index >= 15 is 0 Å². The lowest BCUT2D eigenvalue weighted by Gasteiger charge is -2.20. The molecule has 256 valence electrons. The first kappa shape index (κ1) is 37.4. The van der Waals surface area contributed by atoms with Crippen LogP contribution in [0.4, 0.5) is 11.4 Å². The summed E-state index contributed by atoms with van der Waals surface area (Å²) in [4.78, 5) is 26.4. The van der Waals surface area contributed by atoms with Crippen LogP contribution in [-0.4, -0.2) is 37.7 Å². The van der Waals surface area contributed by atoms with Crippen molar-refractivity contribution in [3.63, 3.8) is 0 Å². The third-order valence-corrected chi connectivity index (χ3v) is 8.29. The van der Waals surface area contributed by atoms with Gasteiger partial charge in [-0.1, -0.05) is 102 Å². The van der Waals surface area contributed by atoms with Gasteiger partial charge in [0.25, 0.3) is 0 Å². The largest absolute Gasteiger partial charge is 0.494 e. The number of benzene rings is 3. The molecule has 0 unspecified atom stereocenters. The maximum atomic E-state index is 13.2. The Morgan fingerprint density at radius 2 is 1.32 bits per heavy atom. The molecule has 8 nitrogen and oxygen atoms in total. The molecule has 0 aliphatic heterocycles. The van der Waals surface area contributed by atoms with E-state index in [0.29, 0.717) is 11.3 Å². The number of rotatable bonds is 22. The van der Waals surface area contributed by atoms with Crippen LogP contribution in [0.1, 0.15) is 115 Å². The number of nitro groups is 1. The van der Waals surface area contributed by atoms with Crippen LogP contribution >= 0.6 is 0 Å². The van der Waals surface area contributed by atoms with E-state index in [-0.39, 0.29) is 23.3 Å². The van der Waals surface area contributed by atoms with E-state index in [1.807, 2.05) is 43.3 Å². The summed E-state index contributed by atoms with van der Waals surface area (Å²) in [6, 6.07) is 17.9. The quantitative estimate of drug-likeness (QED) is 0.0352. The second-order valence-corrected chi connectivity index (χ2v) is 12.5. The highest BCUT2D eigenvalue weighted by Crippen LogP contribution is 2.40. The molecule has 0 heterocycles. The van der Waals surface area contributed by atoms with Gasteiger partial charge in [-0.15, -0.1) is 0 Å². The molecule has 0 fully saturated rings. The first-order chi connectivity index (χ1) is 22.7. The molecule has 0 aromatic heterocycles. The average Bonchev–Trinajstić information content (AvgIpc) is 3.06. The van der Waals surface area contributed by atoms with Crippen molar-refractivity contribution < 1.29 is 23.9 Å². The van der Waals surface area contributed by atoms with E-state index in [1.54, 1.807) is 37.2 Å². The van der Waals surface area contributed by atoms with Gasteiger partial charge in [0.15, 0.2) is 11.5 Å². The lowest BCUT2D eigenvalue weighted by Crippen LogP contribution is -2.17. The Balaban J connectivity index is 1.59. The van der Waals surface area contributed by atoms with Crippen LogP contribution in [0, 0.1) is 10.1 Å². The molecule has 0 aliphatic carbocycles. The highest BCUT2D eigenvalue weighted by molar-refractivity contribution is 5.92. The summed E-state index contributed by atoms with van der Waals surface area (Å²) in [5, 5.41) is 12.0. The zero-order valence-corrected chi connectivity index (χ0v) is 29.1. The van der Waals surface area contributed by atoms with Crippen molar-refractivity contribution in [2.45, 2.75) is 110 Å². The first-order valence-electron chi connectivity index (χ1n) is 17.4. The lowest BCUT2D eigenvalue weighted by atomic mass is 10.0. The Kier molecular flexibility index (Phi) is 16.1. The van der Waals surface area contributed by atoms with Crippen LogP contribution in [0.2, 0.25) is 0 Å². The van der Waals surface area contributed by atoms with Crippen LogP contribution in [0.5, 0.6) is 17.2 Å². The SMILES string of the molecule is CCCCCCCCCCOc1ccc(-c2ccc(C(=O)Oc3cc([N+](=O)[O-])c(O[C@@H](C)CCCCCC)cc3N(C)C)cc2)cc1. The summed E-state index contributed by atoms with van der Waals surface area (Å²) in [5.41, 5.74) is 2.57. The smallest absolute Gasteiger partial charge is 0.343 e. The van der Waals surface area contributed by atoms with Gasteiger partial charge in [-0.3, -0.25) is 10.1 Å². The van der Waals surface area contributed by atoms with E-state index < -0.39 is 10.9 Å². The van der Waals surface area contributed by atoms with E-state index in [4.69, 9.17) is 14.2 Å². The van der Waals surface area contributed by atoms with Gasteiger partial charge >= 0.3 is 11.7 Å². The molecule has 0 aliphatic rings. The number of ether oxygens (including phenoxy) is 3. The molecule has 3 aromatic rings. The molecule has 47 heavy (non-hydrogen) atoms. The van der Waals surface area contributed by atoms with Crippen molar-refractivity contribution in [3.8, 4) is 28.4 Å². The third kappa shape index (κ3) is 12.6. The van der Waals surface area contributed by atoms with Crippen LogP contribution in [0.3, 0.4) is 0 Å². The number of carbonyl (C=O) groups is 1. The summed E-state index contributed by atoms with van der Waals surface area (Å²) >= 11 is 0. The molecule has 1 atom stereocenters. The minimum absolute atomic E-state index is 0.0984. The van der Waals surface area contributed by atoms with Crippen molar-refractivity contribution in [1.82, 2.24) is 0 Å². The second kappa shape index (κ2) is 20.2.